The number of hydrogen-bond acceptors (Lipinski definition) is 6. The molecule has 1 N–H and O–H groups in total. The number of carbonyl (C=O) groups is 2. The van der Waals surface area contributed by atoms with Crippen molar-refractivity contribution in [1.29, 1.82) is 0 Å². The van der Waals surface area contributed by atoms with Gasteiger partial charge in [-0.25, -0.2) is 4.79 Å². The van der Waals surface area contributed by atoms with Crippen LogP contribution in [0.4, 0.5) is 17.1 Å². The first-order valence-corrected chi connectivity index (χ1v) is 9.15. The minimum absolute atomic E-state index is 0.0868. The van der Waals surface area contributed by atoms with Gasteiger partial charge < -0.3 is 15.0 Å². The highest BCUT2D eigenvalue weighted by molar-refractivity contribution is 5.95. The minimum atomic E-state index is -0.533. The maximum absolute atomic E-state index is 11.8. The maximum Gasteiger partial charge on any atom is 0.330 e. The van der Waals surface area contributed by atoms with Crippen molar-refractivity contribution in [3.8, 4) is 0 Å². The molecule has 150 valence electrons. The molecule has 8 heteroatoms. The van der Waals surface area contributed by atoms with Crippen LogP contribution >= 0.6 is 0 Å². The third kappa shape index (κ3) is 4.98. The predicted molar refractivity (Wildman–Crippen MR) is 110 cm³/mol. The zero-order chi connectivity index (χ0) is 20.8. The first kappa shape index (κ1) is 20.1. The lowest BCUT2D eigenvalue weighted by Gasteiger charge is -2.16. The van der Waals surface area contributed by atoms with E-state index in [1.807, 2.05) is 24.3 Å². The van der Waals surface area contributed by atoms with Gasteiger partial charge in [-0.15, -0.1) is 0 Å². The summed E-state index contributed by atoms with van der Waals surface area (Å²) >= 11 is 0. The van der Waals surface area contributed by atoms with Gasteiger partial charge in [0.15, 0.2) is 0 Å². The van der Waals surface area contributed by atoms with Gasteiger partial charge in [0.1, 0.15) is 5.69 Å². The van der Waals surface area contributed by atoms with Gasteiger partial charge >= 0.3 is 5.97 Å². The number of anilines is 2. The average molecular weight is 395 g/mol. The molecule has 1 amide bonds. The van der Waals surface area contributed by atoms with E-state index in [1.165, 1.54) is 25.3 Å². The normalized spacial score (nSPS) is 13.7. The smallest absolute Gasteiger partial charge is 0.330 e. The molecule has 0 saturated carbocycles. The molecule has 1 saturated heterocycles. The predicted octanol–water partition coefficient (Wildman–Crippen LogP) is 3.52. The summed E-state index contributed by atoms with van der Waals surface area (Å²) < 4.78 is 4.51. The molecule has 0 unspecified atom stereocenters. The summed E-state index contributed by atoms with van der Waals surface area (Å²) in [5.74, 6) is -0.401. The van der Waals surface area contributed by atoms with Gasteiger partial charge in [0, 0.05) is 37.3 Å². The van der Waals surface area contributed by atoms with E-state index < -0.39 is 10.9 Å². The number of nitrogens with zero attached hydrogens (tertiary/aromatic N) is 2. The molecule has 1 aliphatic heterocycles. The van der Waals surface area contributed by atoms with Crippen LogP contribution in [0, 0.1) is 10.1 Å². The molecule has 2 aromatic carbocycles. The van der Waals surface area contributed by atoms with Crippen LogP contribution in [-0.4, -0.2) is 30.5 Å². The second kappa shape index (κ2) is 9.01. The van der Waals surface area contributed by atoms with E-state index >= 15 is 0 Å². The number of rotatable bonds is 7. The van der Waals surface area contributed by atoms with E-state index in [2.05, 4.69) is 10.1 Å². The Bertz CT molecular complexity index is 953. The third-order valence-corrected chi connectivity index (χ3v) is 4.64. The Morgan fingerprint density at radius 2 is 2.03 bits per heavy atom. The number of nitro groups is 1. The van der Waals surface area contributed by atoms with Gasteiger partial charge in [0.05, 0.1) is 12.0 Å². The molecule has 0 bridgehead atoms. The van der Waals surface area contributed by atoms with E-state index in [-0.39, 0.29) is 11.6 Å². The second-order valence-corrected chi connectivity index (χ2v) is 6.56. The second-order valence-electron chi connectivity index (χ2n) is 6.56. The van der Waals surface area contributed by atoms with Crippen molar-refractivity contribution in [3.63, 3.8) is 0 Å². The van der Waals surface area contributed by atoms with Crippen molar-refractivity contribution in [2.24, 2.45) is 0 Å². The standard InChI is InChI=1S/C21H21N3O5/c1-29-21(26)11-7-15-6-10-18(19(13-15)24(27)28)22-14-16-4-8-17(9-5-16)23-12-2-3-20(23)25/h4-11,13,22H,2-3,12,14H2,1H3/b11-7+. The van der Waals surface area contributed by atoms with E-state index in [4.69, 9.17) is 0 Å². The Morgan fingerprint density at radius 1 is 1.28 bits per heavy atom. The van der Waals surface area contributed by atoms with Gasteiger partial charge in [0.2, 0.25) is 5.91 Å². The van der Waals surface area contributed by atoms with Gasteiger partial charge in [-0.05, 0) is 41.8 Å². The van der Waals surface area contributed by atoms with Crippen molar-refractivity contribution in [2.45, 2.75) is 19.4 Å². The van der Waals surface area contributed by atoms with Crippen LogP contribution < -0.4 is 10.2 Å². The molecule has 1 heterocycles. The molecule has 29 heavy (non-hydrogen) atoms. The van der Waals surface area contributed by atoms with Gasteiger partial charge in [0.25, 0.3) is 5.69 Å². The summed E-state index contributed by atoms with van der Waals surface area (Å²) in [4.78, 5) is 35.7. The van der Waals surface area contributed by atoms with E-state index in [0.717, 1.165) is 24.2 Å². The topological polar surface area (TPSA) is 102 Å². The first-order chi connectivity index (χ1) is 14.0. The number of ether oxygens (including phenoxy) is 1. The molecule has 8 nitrogen and oxygen atoms in total. The lowest BCUT2D eigenvalue weighted by Crippen LogP contribution is -2.23. The highest BCUT2D eigenvalue weighted by atomic mass is 16.6. The van der Waals surface area contributed by atoms with Gasteiger partial charge in [-0.3, -0.25) is 14.9 Å². The number of hydrogen-bond donors (Lipinski definition) is 1. The summed E-state index contributed by atoms with van der Waals surface area (Å²) in [5.41, 5.74) is 2.61. The summed E-state index contributed by atoms with van der Waals surface area (Å²) in [5, 5.41) is 14.5. The lowest BCUT2D eigenvalue weighted by atomic mass is 10.1. The van der Waals surface area contributed by atoms with Crippen LogP contribution in [0.25, 0.3) is 6.08 Å². The molecule has 1 fully saturated rings. The number of benzene rings is 2. The quantitative estimate of drug-likeness (QED) is 0.333. The van der Waals surface area contributed by atoms with Crippen LogP contribution in [0.3, 0.4) is 0 Å². The Hall–Kier alpha value is -3.68. The number of methoxy groups -OCH3 is 1. The molecule has 0 spiro atoms. The first-order valence-electron chi connectivity index (χ1n) is 9.15. The average Bonchev–Trinajstić information content (AvgIpc) is 3.16. The molecule has 0 radical (unpaired) electrons. The molecule has 0 aromatic heterocycles. The number of nitrogens with one attached hydrogen (secondary N) is 1. The zero-order valence-corrected chi connectivity index (χ0v) is 16.0. The van der Waals surface area contributed by atoms with Gasteiger partial charge in [-0.1, -0.05) is 18.2 Å². The number of carbonyl (C=O) groups excluding carboxylic acids is 2. The number of nitro benzene ring substituents is 1. The van der Waals surface area contributed by atoms with Crippen LogP contribution in [0.15, 0.2) is 48.5 Å². The SMILES string of the molecule is COC(=O)/C=C/c1ccc(NCc2ccc(N3CCCC3=O)cc2)c([N+](=O)[O-])c1. The van der Waals surface area contributed by atoms with Crippen molar-refractivity contribution >= 4 is 35.0 Å². The zero-order valence-electron chi connectivity index (χ0n) is 16.0. The molecule has 3 rings (SSSR count). The summed E-state index contributed by atoms with van der Waals surface area (Å²) in [6.45, 7) is 1.13. The van der Waals surface area contributed by atoms with Crippen LogP contribution in [0.5, 0.6) is 0 Å². The van der Waals surface area contributed by atoms with E-state index in [1.54, 1.807) is 17.0 Å². The Kier molecular flexibility index (Phi) is 6.23. The Balaban J connectivity index is 1.69. The van der Waals surface area contributed by atoms with E-state index in [9.17, 15) is 19.7 Å². The van der Waals surface area contributed by atoms with Crippen molar-refractivity contribution < 1.29 is 19.2 Å². The lowest BCUT2D eigenvalue weighted by molar-refractivity contribution is -0.384. The minimum Gasteiger partial charge on any atom is -0.466 e. The Morgan fingerprint density at radius 3 is 2.66 bits per heavy atom. The van der Waals surface area contributed by atoms with Crippen LogP contribution in [-0.2, 0) is 20.9 Å². The fourth-order valence-corrected chi connectivity index (χ4v) is 3.10. The van der Waals surface area contributed by atoms with Crippen LogP contribution in [0.2, 0.25) is 0 Å². The fraction of sp³-hybridized carbons (Fsp3) is 0.238. The van der Waals surface area contributed by atoms with Crippen molar-refractivity contribution in [1.82, 2.24) is 0 Å². The molecule has 2 aromatic rings. The third-order valence-electron chi connectivity index (χ3n) is 4.64. The monoisotopic (exact) mass is 395 g/mol. The van der Waals surface area contributed by atoms with Gasteiger partial charge in [-0.2, -0.15) is 0 Å². The molecule has 0 aliphatic carbocycles. The fourth-order valence-electron chi connectivity index (χ4n) is 3.10. The van der Waals surface area contributed by atoms with Crippen molar-refractivity contribution in [2.75, 3.05) is 23.9 Å². The van der Waals surface area contributed by atoms with Crippen LogP contribution in [0.1, 0.15) is 24.0 Å². The summed E-state index contributed by atoms with van der Waals surface area (Å²) in [6, 6.07) is 12.2. The summed E-state index contributed by atoms with van der Waals surface area (Å²) in [6.07, 6.45) is 4.12. The Labute approximate surface area is 167 Å². The highest BCUT2D eigenvalue weighted by Crippen LogP contribution is 2.27. The summed E-state index contributed by atoms with van der Waals surface area (Å²) in [7, 11) is 1.26. The number of amides is 1. The highest BCUT2D eigenvalue weighted by Gasteiger charge is 2.21. The van der Waals surface area contributed by atoms with E-state index in [0.29, 0.717) is 24.2 Å². The molecular formula is C21H21N3O5. The largest absolute Gasteiger partial charge is 0.466 e. The number of esters is 1. The molecular weight excluding hydrogens is 374 g/mol. The maximum atomic E-state index is 11.8. The molecule has 0 atom stereocenters. The molecule has 1 aliphatic rings. The van der Waals surface area contributed by atoms with Crippen molar-refractivity contribution in [3.05, 3.63) is 69.8 Å².